The molecule has 0 radical (unpaired) electrons. The van der Waals surface area contributed by atoms with Crippen molar-refractivity contribution < 1.29 is 0 Å². The normalized spacial score (nSPS) is 10.8. The molecule has 0 unspecified atom stereocenters. The lowest BCUT2D eigenvalue weighted by Crippen LogP contribution is -2.01. The maximum Gasteiger partial charge on any atom is 0.178 e. The first-order valence-corrected chi connectivity index (χ1v) is 7.32. The summed E-state index contributed by atoms with van der Waals surface area (Å²) in [5.41, 5.74) is 2.26. The Labute approximate surface area is 120 Å². The lowest BCUT2D eigenvalue weighted by Gasteiger charge is -2.08. The van der Waals surface area contributed by atoms with Crippen LogP contribution in [0.3, 0.4) is 0 Å². The minimum atomic E-state index is 0.340. The van der Waals surface area contributed by atoms with Gasteiger partial charge in [-0.15, -0.1) is 33.1 Å². The molecule has 0 saturated heterocycles. The molecule has 3 aromatic rings. The summed E-state index contributed by atoms with van der Waals surface area (Å²) < 4.78 is 2.01. The van der Waals surface area contributed by atoms with Crippen LogP contribution < -0.4 is 0 Å². The van der Waals surface area contributed by atoms with E-state index in [-0.39, 0.29) is 0 Å². The van der Waals surface area contributed by atoms with Crippen LogP contribution in [0.1, 0.15) is 11.4 Å². The van der Waals surface area contributed by atoms with Crippen LogP contribution >= 0.6 is 22.9 Å². The van der Waals surface area contributed by atoms with Gasteiger partial charge in [-0.25, -0.2) is 0 Å². The monoisotopic (exact) mass is 289 g/mol. The fourth-order valence-electron chi connectivity index (χ4n) is 1.93. The number of hydrogen-bond donors (Lipinski definition) is 0. The summed E-state index contributed by atoms with van der Waals surface area (Å²) in [4.78, 5) is 1.09. The summed E-state index contributed by atoms with van der Waals surface area (Å²) in [5.74, 6) is 1.94. The Kier molecular flexibility index (Phi) is 3.36. The molecule has 0 saturated carbocycles. The van der Waals surface area contributed by atoms with Gasteiger partial charge in [-0.05, 0) is 30.5 Å². The van der Waals surface area contributed by atoms with Gasteiger partial charge in [-0.2, -0.15) is 0 Å². The van der Waals surface area contributed by atoms with Gasteiger partial charge in [-0.3, -0.25) is 4.57 Å². The smallest absolute Gasteiger partial charge is 0.178 e. The molecule has 5 heteroatoms. The van der Waals surface area contributed by atoms with Gasteiger partial charge in [0.1, 0.15) is 0 Å². The van der Waals surface area contributed by atoms with E-state index in [0.717, 1.165) is 22.2 Å². The van der Waals surface area contributed by atoms with Crippen molar-refractivity contribution in [1.29, 1.82) is 0 Å². The van der Waals surface area contributed by atoms with Crippen molar-refractivity contribution in [1.82, 2.24) is 14.8 Å². The molecule has 0 fully saturated rings. The fourth-order valence-corrected chi connectivity index (χ4v) is 2.81. The molecule has 96 valence electrons. The highest BCUT2D eigenvalue weighted by Gasteiger charge is 2.15. The predicted molar refractivity (Wildman–Crippen MR) is 79.0 cm³/mol. The van der Waals surface area contributed by atoms with Crippen molar-refractivity contribution in [3.63, 3.8) is 0 Å². The first kappa shape index (κ1) is 12.4. The third kappa shape index (κ3) is 2.29. The van der Waals surface area contributed by atoms with Crippen molar-refractivity contribution in [3.8, 4) is 16.4 Å². The van der Waals surface area contributed by atoms with E-state index in [0.29, 0.717) is 5.88 Å². The van der Waals surface area contributed by atoms with Crippen molar-refractivity contribution in [2.24, 2.45) is 0 Å². The Balaban J connectivity index is 2.18. The predicted octanol–water partition coefficient (Wildman–Crippen LogP) is 4.04. The van der Waals surface area contributed by atoms with Crippen LogP contribution in [0.25, 0.3) is 16.4 Å². The maximum atomic E-state index is 5.97. The van der Waals surface area contributed by atoms with Gasteiger partial charge in [0.25, 0.3) is 0 Å². The number of thiophene rings is 1. The van der Waals surface area contributed by atoms with E-state index < -0.39 is 0 Å². The first-order chi connectivity index (χ1) is 9.29. The molecule has 3 rings (SSSR count). The molecule has 2 aromatic heterocycles. The second kappa shape index (κ2) is 5.15. The highest BCUT2D eigenvalue weighted by molar-refractivity contribution is 7.13. The number of alkyl halides is 1. The summed E-state index contributed by atoms with van der Waals surface area (Å²) in [7, 11) is 0. The van der Waals surface area contributed by atoms with E-state index in [2.05, 4.69) is 41.4 Å². The van der Waals surface area contributed by atoms with Crippen molar-refractivity contribution in [3.05, 3.63) is 53.2 Å². The summed E-state index contributed by atoms with van der Waals surface area (Å²) in [6.07, 6.45) is 0. The molecule has 0 amide bonds. The average molecular weight is 290 g/mol. The molecule has 0 bridgehead atoms. The average Bonchev–Trinajstić information content (AvgIpc) is 3.08. The second-order valence-corrected chi connectivity index (χ2v) is 5.44. The summed E-state index contributed by atoms with van der Waals surface area (Å²) in [6.45, 7) is 2.07. The van der Waals surface area contributed by atoms with Gasteiger partial charge >= 0.3 is 0 Å². The molecule has 0 spiro atoms. The number of benzene rings is 1. The third-order valence-electron chi connectivity index (χ3n) is 2.88. The zero-order valence-corrected chi connectivity index (χ0v) is 11.9. The maximum absolute atomic E-state index is 5.97. The van der Waals surface area contributed by atoms with Gasteiger partial charge in [0.15, 0.2) is 11.6 Å². The zero-order valence-electron chi connectivity index (χ0n) is 10.4. The van der Waals surface area contributed by atoms with Crippen molar-refractivity contribution in [2.75, 3.05) is 0 Å². The lowest BCUT2D eigenvalue weighted by atomic mass is 10.2. The molecule has 0 N–H and O–H groups in total. The molecular formula is C14H12ClN3S. The number of hydrogen-bond acceptors (Lipinski definition) is 3. The zero-order chi connectivity index (χ0) is 13.2. The SMILES string of the molecule is Cc1ccc(-n2c(CCl)nnc2-c2cccs2)cc1. The van der Waals surface area contributed by atoms with E-state index in [1.165, 1.54) is 5.56 Å². The summed E-state index contributed by atoms with van der Waals surface area (Å²) in [6, 6.07) is 12.3. The van der Waals surface area contributed by atoms with E-state index in [9.17, 15) is 0 Å². The molecule has 2 heterocycles. The van der Waals surface area contributed by atoms with Crippen LogP contribution in [0.4, 0.5) is 0 Å². The molecule has 0 aliphatic heterocycles. The minimum absolute atomic E-state index is 0.340. The summed E-state index contributed by atoms with van der Waals surface area (Å²) >= 11 is 7.61. The molecule has 0 aliphatic carbocycles. The largest absolute Gasteiger partial charge is 0.277 e. The van der Waals surface area contributed by atoms with E-state index in [1.807, 2.05) is 22.1 Å². The highest BCUT2D eigenvalue weighted by Crippen LogP contribution is 2.27. The summed E-state index contributed by atoms with van der Waals surface area (Å²) in [5, 5.41) is 10.5. The number of nitrogens with zero attached hydrogens (tertiary/aromatic N) is 3. The van der Waals surface area contributed by atoms with Crippen molar-refractivity contribution in [2.45, 2.75) is 12.8 Å². The van der Waals surface area contributed by atoms with Gasteiger partial charge in [0.05, 0.1) is 10.8 Å². The molecule has 0 aliphatic rings. The van der Waals surface area contributed by atoms with E-state index >= 15 is 0 Å². The molecule has 3 nitrogen and oxygen atoms in total. The van der Waals surface area contributed by atoms with Crippen LogP contribution in [-0.4, -0.2) is 14.8 Å². The number of aryl methyl sites for hydroxylation is 1. The minimum Gasteiger partial charge on any atom is -0.277 e. The molecule has 19 heavy (non-hydrogen) atoms. The quantitative estimate of drug-likeness (QED) is 0.681. The number of rotatable bonds is 3. The fraction of sp³-hybridized carbons (Fsp3) is 0.143. The Bertz CT molecular complexity index is 671. The topological polar surface area (TPSA) is 30.7 Å². The Hall–Kier alpha value is -1.65. The Morgan fingerprint density at radius 1 is 1.16 bits per heavy atom. The van der Waals surface area contributed by atoms with Gasteiger partial charge in [0.2, 0.25) is 0 Å². The molecule has 1 aromatic carbocycles. The van der Waals surface area contributed by atoms with Crippen LogP contribution in [0.5, 0.6) is 0 Å². The number of halogens is 1. The van der Waals surface area contributed by atoms with Crippen LogP contribution in [-0.2, 0) is 5.88 Å². The van der Waals surface area contributed by atoms with Crippen LogP contribution in [0, 0.1) is 6.92 Å². The number of aromatic nitrogens is 3. The van der Waals surface area contributed by atoms with Crippen LogP contribution in [0.2, 0.25) is 0 Å². The van der Waals surface area contributed by atoms with Crippen molar-refractivity contribution >= 4 is 22.9 Å². The standard InChI is InChI=1S/C14H12ClN3S/c1-10-4-6-11(7-5-10)18-13(9-15)16-17-14(18)12-3-2-8-19-12/h2-8H,9H2,1H3. The van der Waals surface area contributed by atoms with Gasteiger partial charge in [0, 0.05) is 5.69 Å². The first-order valence-electron chi connectivity index (χ1n) is 5.91. The Morgan fingerprint density at radius 2 is 1.95 bits per heavy atom. The van der Waals surface area contributed by atoms with Gasteiger partial charge in [-0.1, -0.05) is 23.8 Å². The van der Waals surface area contributed by atoms with Gasteiger partial charge < -0.3 is 0 Å². The highest BCUT2D eigenvalue weighted by atomic mass is 35.5. The third-order valence-corrected chi connectivity index (χ3v) is 3.99. The Morgan fingerprint density at radius 3 is 2.58 bits per heavy atom. The second-order valence-electron chi connectivity index (χ2n) is 4.22. The van der Waals surface area contributed by atoms with Crippen LogP contribution in [0.15, 0.2) is 41.8 Å². The molecule has 0 atom stereocenters. The van der Waals surface area contributed by atoms with E-state index in [1.54, 1.807) is 11.3 Å². The molecular weight excluding hydrogens is 278 g/mol. The van der Waals surface area contributed by atoms with E-state index in [4.69, 9.17) is 11.6 Å². The lowest BCUT2D eigenvalue weighted by molar-refractivity contribution is 0.953.